The topological polar surface area (TPSA) is 61.4 Å². The number of aliphatic hydroxyl groups excluding tert-OH is 1. The van der Waals surface area contributed by atoms with Gasteiger partial charge in [-0.3, -0.25) is 0 Å². The van der Waals surface area contributed by atoms with Gasteiger partial charge in [0, 0.05) is 12.1 Å². The Hall–Kier alpha value is -1.69. The minimum atomic E-state index is -0.954. The van der Waals surface area contributed by atoms with Crippen molar-refractivity contribution in [1.82, 2.24) is 10.6 Å². The first-order valence-corrected chi connectivity index (χ1v) is 7.29. The molecule has 6 heteroatoms. The molecular formula is C16H24F2N2O2. The smallest absolute Gasteiger partial charge is 0.315 e. The lowest BCUT2D eigenvalue weighted by atomic mass is 9.87. The molecule has 0 spiro atoms. The van der Waals surface area contributed by atoms with Crippen molar-refractivity contribution < 1.29 is 18.7 Å². The molecule has 0 aliphatic carbocycles. The summed E-state index contributed by atoms with van der Waals surface area (Å²) in [6, 6.07) is 2.74. The lowest BCUT2D eigenvalue weighted by Crippen LogP contribution is -2.42. The first kappa shape index (κ1) is 18.4. The molecule has 4 nitrogen and oxygen atoms in total. The average molecular weight is 314 g/mol. The summed E-state index contributed by atoms with van der Waals surface area (Å²) in [6.45, 7) is 7.49. The molecule has 0 aliphatic rings. The summed E-state index contributed by atoms with van der Waals surface area (Å²) in [5, 5.41) is 14.7. The summed E-state index contributed by atoms with van der Waals surface area (Å²) in [7, 11) is 0. The Bertz CT molecular complexity index is 519. The summed E-state index contributed by atoms with van der Waals surface area (Å²) < 4.78 is 26.8. The van der Waals surface area contributed by atoms with Crippen LogP contribution in [0.5, 0.6) is 0 Å². The normalized spacial score (nSPS) is 14.3. The molecule has 0 aliphatic heterocycles. The number of hydrogen-bond donors (Lipinski definition) is 3. The van der Waals surface area contributed by atoms with Crippen molar-refractivity contribution >= 4 is 6.03 Å². The van der Waals surface area contributed by atoms with Gasteiger partial charge in [0.2, 0.25) is 0 Å². The second-order valence-electron chi connectivity index (χ2n) is 6.41. The highest BCUT2D eigenvalue weighted by atomic mass is 19.2. The van der Waals surface area contributed by atoms with Crippen molar-refractivity contribution in [1.29, 1.82) is 0 Å². The molecule has 1 aromatic carbocycles. The van der Waals surface area contributed by atoms with E-state index in [1.165, 1.54) is 12.1 Å². The minimum absolute atomic E-state index is 0.0957. The zero-order valence-corrected chi connectivity index (χ0v) is 13.4. The van der Waals surface area contributed by atoms with Crippen LogP contribution in [0, 0.1) is 17.0 Å². The third kappa shape index (κ3) is 5.60. The van der Waals surface area contributed by atoms with Crippen LogP contribution in [0.1, 0.15) is 45.7 Å². The van der Waals surface area contributed by atoms with Crippen molar-refractivity contribution in [2.45, 2.75) is 46.3 Å². The van der Waals surface area contributed by atoms with Gasteiger partial charge in [0.25, 0.3) is 0 Å². The molecule has 0 radical (unpaired) electrons. The predicted octanol–water partition coefficient (Wildman–Crippen LogP) is 3.12. The number of urea groups is 1. The Labute approximate surface area is 129 Å². The number of carbonyl (C=O) groups excluding carboxylic acids is 1. The van der Waals surface area contributed by atoms with E-state index in [2.05, 4.69) is 10.6 Å². The van der Waals surface area contributed by atoms with Gasteiger partial charge in [-0.15, -0.1) is 0 Å². The number of hydrogen-bond acceptors (Lipinski definition) is 2. The fraction of sp³-hybridized carbons (Fsp3) is 0.562. The maximum Gasteiger partial charge on any atom is 0.315 e. The lowest BCUT2D eigenvalue weighted by Gasteiger charge is -2.27. The molecule has 0 fully saturated rings. The minimum Gasteiger partial charge on any atom is -0.393 e. The van der Waals surface area contributed by atoms with E-state index in [4.69, 9.17) is 0 Å². The zero-order chi connectivity index (χ0) is 16.9. The molecule has 0 heterocycles. The Morgan fingerprint density at radius 2 is 1.95 bits per heavy atom. The quantitative estimate of drug-likeness (QED) is 0.755. The van der Waals surface area contributed by atoms with Gasteiger partial charge in [0.15, 0.2) is 11.6 Å². The van der Waals surface area contributed by atoms with E-state index in [1.54, 1.807) is 13.8 Å². The molecule has 2 amide bonds. The van der Waals surface area contributed by atoms with Gasteiger partial charge >= 0.3 is 6.03 Å². The third-order valence-electron chi connectivity index (χ3n) is 3.37. The molecule has 1 aromatic rings. The summed E-state index contributed by atoms with van der Waals surface area (Å²) in [6.07, 6.45) is 0.0848. The van der Waals surface area contributed by atoms with Gasteiger partial charge < -0.3 is 15.7 Å². The summed E-state index contributed by atoms with van der Waals surface area (Å²) in [5.41, 5.74) is -0.169. The molecule has 1 rings (SSSR count). The van der Waals surface area contributed by atoms with Gasteiger partial charge in [0.1, 0.15) is 0 Å². The number of carbonyl (C=O) groups is 1. The second kappa shape index (κ2) is 7.54. The molecule has 0 aromatic heterocycles. The summed E-state index contributed by atoms with van der Waals surface area (Å²) in [4.78, 5) is 11.9. The SMILES string of the molecule is CC(O)CC(C)(C)CNC(=O)NC(C)c1cccc(F)c1F. The number of nitrogens with one attached hydrogen (secondary N) is 2. The molecule has 2 atom stereocenters. The van der Waals surface area contributed by atoms with Crippen molar-refractivity contribution in [3.05, 3.63) is 35.4 Å². The van der Waals surface area contributed by atoms with Crippen LogP contribution in [-0.2, 0) is 0 Å². The van der Waals surface area contributed by atoms with E-state index in [0.29, 0.717) is 13.0 Å². The van der Waals surface area contributed by atoms with Gasteiger partial charge in [0.05, 0.1) is 12.1 Å². The highest BCUT2D eigenvalue weighted by Crippen LogP contribution is 2.21. The molecule has 124 valence electrons. The first-order chi connectivity index (χ1) is 10.1. The highest BCUT2D eigenvalue weighted by Gasteiger charge is 2.22. The van der Waals surface area contributed by atoms with Gasteiger partial charge in [-0.1, -0.05) is 26.0 Å². The molecule has 0 saturated heterocycles. The Kier molecular flexibility index (Phi) is 6.29. The van der Waals surface area contributed by atoms with E-state index in [1.807, 2.05) is 13.8 Å². The Morgan fingerprint density at radius 3 is 2.55 bits per heavy atom. The standard InChI is InChI=1S/C16H24F2N2O2/c1-10(21)8-16(3,4)9-19-15(22)20-11(2)12-6-5-7-13(17)14(12)18/h5-7,10-11,21H,8-9H2,1-4H3,(H2,19,20,22). The Balaban J connectivity index is 2.56. The fourth-order valence-corrected chi connectivity index (χ4v) is 2.37. The second-order valence-corrected chi connectivity index (χ2v) is 6.41. The van der Waals surface area contributed by atoms with Crippen LogP contribution in [0.2, 0.25) is 0 Å². The summed E-state index contributed by atoms with van der Waals surface area (Å²) >= 11 is 0. The van der Waals surface area contributed by atoms with Gasteiger partial charge in [-0.05, 0) is 31.7 Å². The molecule has 2 unspecified atom stereocenters. The van der Waals surface area contributed by atoms with E-state index in [-0.39, 0.29) is 11.0 Å². The highest BCUT2D eigenvalue weighted by molar-refractivity contribution is 5.74. The number of benzene rings is 1. The molecular weight excluding hydrogens is 290 g/mol. The molecule has 0 bridgehead atoms. The fourth-order valence-electron chi connectivity index (χ4n) is 2.37. The third-order valence-corrected chi connectivity index (χ3v) is 3.37. The van der Waals surface area contributed by atoms with Crippen LogP contribution < -0.4 is 10.6 Å². The number of amides is 2. The number of aliphatic hydroxyl groups is 1. The summed E-state index contributed by atoms with van der Waals surface area (Å²) in [5.74, 6) is -1.89. The van der Waals surface area contributed by atoms with Crippen LogP contribution in [0.25, 0.3) is 0 Å². The van der Waals surface area contributed by atoms with Crippen molar-refractivity contribution in [2.24, 2.45) is 5.41 Å². The first-order valence-electron chi connectivity index (χ1n) is 7.29. The van der Waals surface area contributed by atoms with E-state index in [0.717, 1.165) is 6.07 Å². The van der Waals surface area contributed by atoms with Crippen LogP contribution >= 0.6 is 0 Å². The van der Waals surface area contributed by atoms with Crippen LogP contribution in [-0.4, -0.2) is 23.8 Å². The van der Waals surface area contributed by atoms with Crippen molar-refractivity contribution in [3.63, 3.8) is 0 Å². The monoisotopic (exact) mass is 314 g/mol. The maximum atomic E-state index is 13.6. The van der Waals surface area contributed by atoms with Gasteiger partial charge in [-0.25, -0.2) is 13.6 Å². The van der Waals surface area contributed by atoms with E-state index >= 15 is 0 Å². The van der Waals surface area contributed by atoms with Crippen molar-refractivity contribution in [3.8, 4) is 0 Å². The van der Waals surface area contributed by atoms with Crippen molar-refractivity contribution in [2.75, 3.05) is 6.54 Å². The zero-order valence-electron chi connectivity index (χ0n) is 13.4. The van der Waals surface area contributed by atoms with Gasteiger partial charge in [-0.2, -0.15) is 0 Å². The maximum absolute atomic E-state index is 13.6. The van der Waals surface area contributed by atoms with E-state index < -0.39 is 29.8 Å². The molecule has 22 heavy (non-hydrogen) atoms. The Morgan fingerprint density at radius 1 is 1.32 bits per heavy atom. The predicted molar refractivity (Wildman–Crippen MR) is 81.4 cm³/mol. The number of halogens is 2. The van der Waals surface area contributed by atoms with Crippen LogP contribution in [0.15, 0.2) is 18.2 Å². The average Bonchev–Trinajstić information content (AvgIpc) is 2.38. The van der Waals surface area contributed by atoms with E-state index in [9.17, 15) is 18.7 Å². The number of rotatable bonds is 6. The van der Waals surface area contributed by atoms with Crippen LogP contribution in [0.3, 0.4) is 0 Å². The van der Waals surface area contributed by atoms with Crippen LogP contribution in [0.4, 0.5) is 13.6 Å². The molecule has 3 N–H and O–H groups in total. The largest absolute Gasteiger partial charge is 0.393 e. The lowest BCUT2D eigenvalue weighted by molar-refractivity contribution is 0.128. The molecule has 0 saturated carbocycles.